The van der Waals surface area contributed by atoms with E-state index >= 15 is 0 Å². The lowest BCUT2D eigenvalue weighted by Gasteiger charge is -2.13. The smallest absolute Gasteiger partial charge is 0.319 e. The molecule has 31 heavy (non-hydrogen) atoms. The van der Waals surface area contributed by atoms with Gasteiger partial charge in [-0.2, -0.15) is 0 Å². The van der Waals surface area contributed by atoms with E-state index in [4.69, 9.17) is 0 Å². The third kappa shape index (κ3) is 5.12. The summed E-state index contributed by atoms with van der Waals surface area (Å²) in [5, 5.41) is 8.74. The zero-order valence-electron chi connectivity index (χ0n) is 17.6. The van der Waals surface area contributed by atoms with Gasteiger partial charge >= 0.3 is 6.03 Å². The van der Waals surface area contributed by atoms with Gasteiger partial charge in [0.15, 0.2) is 0 Å². The highest BCUT2D eigenvalue weighted by atomic mass is 16.2. The number of imidazole rings is 1. The maximum absolute atomic E-state index is 12.4. The van der Waals surface area contributed by atoms with E-state index in [0.717, 1.165) is 30.0 Å². The monoisotopic (exact) mass is 417 g/mol. The van der Waals surface area contributed by atoms with Crippen molar-refractivity contribution < 1.29 is 9.59 Å². The highest BCUT2D eigenvalue weighted by molar-refractivity contribution is 5.95. The summed E-state index contributed by atoms with van der Waals surface area (Å²) in [5.41, 5.74) is 3.11. The first kappa shape index (κ1) is 20.7. The lowest BCUT2D eigenvalue weighted by Crippen LogP contribution is -2.32. The van der Waals surface area contributed by atoms with Gasteiger partial charge in [0.1, 0.15) is 5.82 Å². The third-order valence-electron chi connectivity index (χ3n) is 5.55. The van der Waals surface area contributed by atoms with Gasteiger partial charge in [-0.05, 0) is 56.2 Å². The van der Waals surface area contributed by atoms with Gasteiger partial charge in [0.2, 0.25) is 0 Å². The van der Waals surface area contributed by atoms with Crippen LogP contribution in [0.25, 0.3) is 5.69 Å². The Morgan fingerprint density at radius 1 is 1.03 bits per heavy atom. The minimum Gasteiger partial charge on any atom is -0.349 e. The van der Waals surface area contributed by atoms with E-state index in [-0.39, 0.29) is 18.0 Å². The molecule has 3 N–H and O–H groups in total. The number of aryl methyl sites for hydroxylation is 1. The molecule has 0 aliphatic heterocycles. The van der Waals surface area contributed by atoms with Crippen molar-refractivity contribution in [2.45, 2.75) is 45.2 Å². The maximum atomic E-state index is 12.4. The molecule has 0 spiro atoms. The Balaban J connectivity index is 1.32. The molecule has 1 heterocycles. The van der Waals surface area contributed by atoms with E-state index in [9.17, 15) is 9.59 Å². The fraction of sp³-hybridized carbons (Fsp3) is 0.292. The van der Waals surface area contributed by atoms with Crippen LogP contribution in [0.5, 0.6) is 0 Å². The van der Waals surface area contributed by atoms with Gasteiger partial charge in [0.25, 0.3) is 5.91 Å². The average molecular weight is 418 g/mol. The van der Waals surface area contributed by atoms with E-state index in [0.29, 0.717) is 17.8 Å². The highest BCUT2D eigenvalue weighted by Gasteiger charge is 2.18. The number of amides is 3. The van der Waals surface area contributed by atoms with Gasteiger partial charge in [0, 0.05) is 23.0 Å². The number of rotatable bonds is 6. The summed E-state index contributed by atoms with van der Waals surface area (Å²) in [5.74, 6) is 0.794. The molecule has 3 amide bonds. The van der Waals surface area contributed by atoms with Crippen molar-refractivity contribution in [1.82, 2.24) is 20.2 Å². The molecule has 1 aliphatic carbocycles. The second-order valence-electron chi connectivity index (χ2n) is 7.81. The van der Waals surface area contributed by atoms with Crippen LogP contribution in [-0.4, -0.2) is 27.5 Å². The number of para-hydroxylation sites is 1. The Morgan fingerprint density at radius 3 is 2.45 bits per heavy atom. The molecule has 0 radical (unpaired) electrons. The van der Waals surface area contributed by atoms with Crippen LogP contribution < -0.4 is 16.0 Å². The van der Waals surface area contributed by atoms with Gasteiger partial charge in [-0.3, -0.25) is 9.36 Å². The van der Waals surface area contributed by atoms with Crippen molar-refractivity contribution in [3.8, 4) is 5.69 Å². The summed E-state index contributed by atoms with van der Waals surface area (Å²) < 4.78 is 2.01. The molecular formula is C24H27N5O2. The number of urea groups is 1. The Labute approximate surface area is 181 Å². The van der Waals surface area contributed by atoms with E-state index in [1.807, 2.05) is 41.8 Å². The fourth-order valence-corrected chi connectivity index (χ4v) is 3.94. The predicted molar refractivity (Wildman–Crippen MR) is 120 cm³/mol. The molecule has 3 aromatic rings. The molecule has 1 aliphatic rings. The molecule has 1 fully saturated rings. The van der Waals surface area contributed by atoms with Crippen LogP contribution in [0.15, 0.2) is 60.8 Å². The molecule has 0 bridgehead atoms. The van der Waals surface area contributed by atoms with E-state index in [1.54, 1.807) is 30.5 Å². The second kappa shape index (κ2) is 9.47. The van der Waals surface area contributed by atoms with Crippen molar-refractivity contribution >= 4 is 17.6 Å². The Bertz CT molecular complexity index is 1040. The van der Waals surface area contributed by atoms with Crippen LogP contribution >= 0.6 is 0 Å². The summed E-state index contributed by atoms with van der Waals surface area (Å²) in [6, 6.07) is 16.8. The third-order valence-corrected chi connectivity index (χ3v) is 5.55. The van der Waals surface area contributed by atoms with Gasteiger partial charge in [-0.25, -0.2) is 9.78 Å². The van der Waals surface area contributed by atoms with E-state index in [1.165, 1.54) is 12.8 Å². The summed E-state index contributed by atoms with van der Waals surface area (Å²) in [7, 11) is 0. The van der Waals surface area contributed by atoms with Gasteiger partial charge in [0.05, 0.1) is 18.4 Å². The molecule has 4 rings (SSSR count). The SMILES string of the molecule is Cc1ncc(CNC(=O)Nc2ccc(C(=O)NC3CCCC3)cc2)n1-c1ccccc1. The van der Waals surface area contributed by atoms with Crippen molar-refractivity contribution in [3.63, 3.8) is 0 Å². The van der Waals surface area contributed by atoms with Crippen molar-refractivity contribution in [2.75, 3.05) is 5.32 Å². The summed E-state index contributed by atoms with van der Waals surface area (Å²) in [6.07, 6.45) is 6.21. The number of hydrogen-bond acceptors (Lipinski definition) is 3. The number of anilines is 1. The zero-order chi connectivity index (χ0) is 21.6. The normalized spacial score (nSPS) is 13.7. The van der Waals surface area contributed by atoms with Gasteiger partial charge < -0.3 is 16.0 Å². The number of carbonyl (C=O) groups is 2. The number of nitrogens with one attached hydrogen (secondary N) is 3. The summed E-state index contributed by atoms with van der Waals surface area (Å²) in [6.45, 7) is 2.27. The number of carbonyl (C=O) groups excluding carboxylic acids is 2. The topological polar surface area (TPSA) is 88.1 Å². The second-order valence-corrected chi connectivity index (χ2v) is 7.81. The van der Waals surface area contributed by atoms with Gasteiger partial charge in [-0.15, -0.1) is 0 Å². The molecule has 0 unspecified atom stereocenters. The zero-order valence-corrected chi connectivity index (χ0v) is 17.6. The van der Waals surface area contributed by atoms with Crippen molar-refractivity contribution in [3.05, 3.63) is 77.9 Å². The van der Waals surface area contributed by atoms with Crippen LogP contribution in [0.3, 0.4) is 0 Å². The quantitative estimate of drug-likeness (QED) is 0.562. The first-order valence-corrected chi connectivity index (χ1v) is 10.6. The molecule has 1 saturated carbocycles. The Hall–Kier alpha value is -3.61. The van der Waals surface area contributed by atoms with Crippen molar-refractivity contribution in [2.24, 2.45) is 0 Å². The lowest BCUT2D eigenvalue weighted by molar-refractivity contribution is 0.0938. The molecule has 0 atom stereocenters. The standard InChI is InChI=1S/C24H27N5O2/c1-17-25-15-22(29(17)21-9-3-2-4-10-21)16-26-24(31)28-20-13-11-18(12-14-20)23(30)27-19-7-5-6-8-19/h2-4,9-15,19H,5-8,16H2,1H3,(H,27,30)(H2,26,28,31). The van der Waals surface area contributed by atoms with E-state index in [2.05, 4.69) is 20.9 Å². The molecule has 1 aromatic heterocycles. The summed E-state index contributed by atoms with van der Waals surface area (Å²) in [4.78, 5) is 29.1. The number of benzene rings is 2. The molecule has 160 valence electrons. The predicted octanol–water partition coefficient (Wildman–Crippen LogP) is 4.17. The molecule has 0 saturated heterocycles. The first-order valence-electron chi connectivity index (χ1n) is 10.6. The van der Waals surface area contributed by atoms with Crippen LogP contribution in [0.2, 0.25) is 0 Å². The van der Waals surface area contributed by atoms with Crippen LogP contribution in [-0.2, 0) is 6.54 Å². The molecule has 7 heteroatoms. The first-order chi connectivity index (χ1) is 15.1. The van der Waals surface area contributed by atoms with E-state index < -0.39 is 0 Å². The molecule has 2 aromatic carbocycles. The highest BCUT2D eigenvalue weighted by Crippen LogP contribution is 2.19. The minimum atomic E-state index is -0.318. The van der Waals surface area contributed by atoms with Crippen molar-refractivity contribution in [1.29, 1.82) is 0 Å². The number of aromatic nitrogens is 2. The van der Waals surface area contributed by atoms with Crippen LogP contribution in [0.1, 0.15) is 47.6 Å². The number of nitrogens with zero attached hydrogens (tertiary/aromatic N) is 2. The molecule has 7 nitrogen and oxygen atoms in total. The lowest BCUT2D eigenvalue weighted by atomic mass is 10.1. The Kier molecular flexibility index (Phi) is 6.31. The maximum Gasteiger partial charge on any atom is 0.319 e. The largest absolute Gasteiger partial charge is 0.349 e. The minimum absolute atomic E-state index is 0.0626. The van der Waals surface area contributed by atoms with Gasteiger partial charge in [-0.1, -0.05) is 31.0 Å². The average Bonchev–Trinajstić information content (AvgIpc) is 3.43. The Morgan fingerprint density at radius 2 is 1.74 bits per heavy atom. The van der Waals surface area contributed by atoms with Crippen LogP contribution in [0.4, 0.5) is 10.5 Å². The van der Waals surface area contributed by atoms with Crippen LogP contribution in [0, 0.1) is 6.92 Å². The summed E-state index contributed by atoms with van der Waals surface area (Å²) >= 11 is 0. The molecular weight excluding hydrogens is 390 g/mol. The number of hydrogen-bond donors (Lipinski definition) is 3. The fourth-order valence-electron chi connectivity index (χ4n) is 3.94.